The van der Waals surface area contributed by atoms with Gasteiger partial charge in [-0.15, -0.1) is 0 Å². The number of unbranched alkanes of at least 4 members (excludes halogenated alkanes) is 5. The molecule has 1 amide bonds. The third-order valence-corrected chi connectivity index (χ3v) is 3.57. The van der Waals surface area contributed by atoms with Crippen molar-refractivity contribution in [3.63, 3.8) is 0 Å². The summed E-state index contributed by atoms with van der Waals surface area (Å²) in [4.78, 5) is 14.0. The quantitative estimate of drug-likeness (QED) is 0.694. The first-order valence-corrected chi connectivity index (χ1v) is 7.26. The Balaban J connectivity index is 2.07. The average Bonchev–Trinajstić information content (AvgIpc) is 2.34. The Labute approximate surface area is 106 Å². The minimum Gasteiger partial charge on any atom is -0.337 e. The molecule has 1 atom stereocenters. The van der Waals surface area contributed by atoms with Crippen LogP contribution in [0.3, 0.4) is 0 Å². The van der Waals surface area contributed by atoms with Crippen molar-refractivity contribution in [3.8, 4) is 0 Å². The highest BCUT2D eigenvalue weighted by Crippen LogP contribution is 2.10. The van der Waals surface area contributed by atoms with Gasteiger partial charge in [-0.3, -0.25) is 4.79 Å². The lowest BCUT2D eigenvalue weighted by molar-refractivity contribution is -0.134. The van der Waals surface area contributed by atoms with Gasteiger partial charge in [-0.2, -0.15) is 0 Å². The molecule has 3 heteroatoms. The number of nitrogens with one attached hydrogen (secondary N) is 1. The highest BCUT2D eigenvalue weighted by atomic mass is 16.2. The Morgan fingerprint density at radius 3 is 2.65 bits per heavy atom. The molecule has 0 aromatic rings. The number of piperazine rings is 1. The molecule has 0 spiro atoms. The van der Waals surface area contributed by atoms with Crippen molar-refractivity contribution in [1.29, 1.82) is 0 Å². The van der Waals surface area contributed by atoms with Gasteiger partial charge in [-0.25, -0.2) is 0 Å². The highest BCUT2D eigenvalue weighted by Gasteiger charge is 2.21. The van der Waals surface area contributed by atoms with Crippen molar-refractivity contribution in [3.05, 3.63) is 0 Å². The van der Waals surface area contributed by atoms with E-state index in [-0.39, 0.29) is 0 Å². The first-order valence-electron chi connectivity index (χ1n) is 7.26. The Hall–Kier alpha value is -0.570. The topological polar surface area (TPSA) is 32.3 Å². The van der Waals surface area contributed by atoms with Crippen LogP contribution < -0.4 is 5.32 Å². The summed E-state index contributed by atoms with van der Waals surface area (Å²) < 4.78 is 0. The van der Waals surface area contributed by atoms with Gasteiger partial charge in [0.2, 0.25) is 5.91 Å². The van der Waals surface area contributed by atoms with Crippen LogP contribution in [-0.4, -0.2) is 36.5 Å². The molecule has 0 bridgehead atoms. The van der Waals surface area contributed by atoms with Gasteiger partial charge in [-0.05, 0) is 13.3 Å². The normalized spacial score (nSPS) is 20.6. The largest absolute Gasteiger partial charge is 0.337 e. The van der Waals surface area contributed by atoms with Gasteiger partial charge in [0, 0.05) is 32.1 Å². The Bertz CT molecular complexity index is 218. The molecular formula is C14H28N2O. The molecule has 17 heavy (non-hydrogen) atoms. The monoisotopic (exact) mass is 240 g/mol. The van der Waals surface area contributed by atoms with Crippen LogP contribution in [0.4, 0.5) is 0 Å². The molecule has 1 fully saturated rings. The van der Waals surface area contributed by atoms with E-state index in [1.165, 1.54) is 32.1 Å². The molecule has 1 aliphatic rings. The predicted molar refractivity (Wildman–Crippen MR) is 72.0 cm³/mol. The fraction of sp³-hybridized carbons (Fsp3) is 0.929. The number of rotatable bonds is 7. The molecule has 1 heterocycles. The first kappa shape index (κ1) is 14.5. The van der Waals surface area contributed by atoms with E-state index in [1.807, 2.05) is 4.90 Å². The van der Waals surface area contributed by atoms with E-state index in [1.54, 1.807) is 0 Å². The van der Waals surface area contributed by atoms with Crippen LogP contribution in [0.2, 0.25) is 0 Å². The maximum atomic E-state index is 12.0. The number of hydrogen-bond acceptors (Lipinski definition) is 2. The van der Waals surface area contributed by atoms with E-state index >= 15 is 0 Å². The zero-order valence-corrected chi connectivity index (χ0v) is 11.5. The summed E-state index contributed by atoms with van der Waals surface area (Å²) in [5, 5.41) is 3.32. The van der Waals surface area contributed by atoms with E-state index in [0.717, 1.165) is 32.5 Å². The second-order valence-electron chi connectivity index (χ2n) is 5.16. The lowest BCUT2D eigenvalue weighted by Gasteiger charge is -2.34. The zero-order valence-electron chi connectivity index (χ0n) is 11.5. The molecule has 100 valence electrons. The SMILES string of the molecule is CCCCCCCCC(=O)N1CCNC[C@H]1C. The summed E-state index contributed by atoms with van der Waals surface area (Å²) in [6, 6.07) is 0.372. The number of carbonyl (C=O) groups is 1. The van der Waals surface area contributed by atoms with Crippen LogP contribution in [0.1, 0.15) is 58.8 Å². The second-order valence-corrected chi connectivity index (χ2v) is 5.16. The standard InChI is InChI=1S/C14H28N2O/c1-3-4-5-6-7-8-9-14(17)16-11-10-15-12-13(16)2/h13,15H,3-12H2,1-2H3/t13-/m1/s1. The second kappa shape index (κ2) is 8.51. The molecule has 3 nitrogen and oxygen atoms in total. The number of nitrogens with zero attached hydrogens (tertiary/aromatic N) is 1. The fourth-order valence-electron chi connectivity index (χ4n) is 2.41. The summed E-state index contributed by atoms with van der Waals surface area (Å²) in [6.07, 6.45) is 8.27. The van der Waals surface area contributed by atoms with Crippen molar-refractivity contribution in [2.45, 2.75) is 64.8 Å². The smallest absolute Gasteiger partial charge is 0.222 e. The lowest BCUT2D eigenvalue weighted by atomic mass is 10.1. The molecule has 1 saturated heterocycles. The number of carbonyl (C=O) groups excluding carboxylic acids is 1. The van der Waals surface area contributed by atoms with Gasteiger partial charge >= 0.3 is 0 Å². The first-order chi connectivity index (χ1) is 8.25. The van der Waals surface area contributed by atoms with Crippen molar-refractivity contribution in [1.82, 2.24) is 10.2 Å². The average molecular weight is 240 g/mol. The molecule has 0 unspecified atom stereocenters. The molecule has 0 aromatic carbocycles. The molecule has 1 aliphatic heterocycles. The Morgan fingerprint density at radius 1 is 1.24 bits per heavy atom. The molecule has 0 aliphatic carbocycles. The summed E-state index contributed by atoms with van der Waals surface area (Å²) in [7, 11) is 0. The number of hydrogen-bond donors (Lipinski definition) is 1. The van der Waals surface area contributed by atoms with Gasteiger partial charge in [0.15, 0.2) is 0 Å². The molecule has 1 N–H and O–H groups in total. The van der Waals surface area contributed by atoms with E-state index < -0.39 is 0 Å². The molecule has 0 radical (unpaired) electrons. The van der Waals surface area contributed by atoms with Crippen molar-refractivity contribution >= 4 is 5.91 Å². The Morgan fingerprint density at radius 2 is 1.94 bits per heavy atom. The highest BCUT2D eigenvalue weighted by molar-refractivity contribution is 5.76. The van der Waals surface area contributed by atoms with Crippen LogP contribution in [0.25, 0.3) is 0 Å². The van der Waals surface area contributed by atoms with Gasteiger partial charge in [0.05, 0.1) is 0 Å². The van der Waals surface area contributed by atoms with Gasteiger partial charge in [-0.1, -0.05) is 39.0 Å². The van der Waals surface area contributed by atoms with Crippen molar-refractivity contribution in [2.75, 3.05) is 19.6 Å². The minimum atomic E-state index is 0.356. The Kier molecular flexibility index (Phi) is 7.25. The van der Waals surface area contributed by atoms with Gasteiger partial charge < -0.3 is 10.2 Å². The van der Waals surface area contributed by atoms with Crippen molar-refractivity contribution < 1.29 is 4.79 Å². The van der Waals surface area contributed by atoms with E-state index in [0.29, 0.717) is 11.9 Å². The molecule has 0 saturated carbocycles. The summed E-state index contributed by atoms with van der Waals surface area (Å²) in [5.74, 6) is 0.356. The fourth-order valence-corrected chi connectivity index (χ4v) is 2.41. The predicted octanol–water partition coefficient (Wildman–Crippen LogP) is 2.56. The van der Waals surface area contributed by atoms with Gasteiger partial charge in [0.25, 0.3) is 0 Å². The summed E-state index contributed by atoms with van der Waals surface area (Å²) in [5.41, 5.74) is 0. The molecular weight excluding hydrogens is 212 g/mol. The van der Waals surface area contributed by atoms with Crippen LogP contribution in [0, 0.1) is 0 Å². The van der Waals surface area contributed by atoms with E-state index in [4.69, 9.17) is 0 Å². The van der Waals surface area contributed by atoms with Crippen LogP contribution in [-0.2, 0) is 4.79 Å². The summed E-state index contributed by atoms with van der Waals surface area (Å²) in [6.45, 7) is 7.14. The van der Waals surface area contributed by atoms with Crippen molar-refractivity contribution in [2.24, 2.45) is 0 Å². The zero-order chi connectivity index (χ0) is 12.5. The van der Waals surface area contributed by atoms with Gasteiger partial charge in [0.1, 0.15) is 0 Å². The van der Waals surface area contributed by atoms with Crippen LogP contribution in [0.5, 0.6) is 0 Å². The molecule has 0 aromatic heterocycles. The van der Waals surface area contributed by atoms with Crippen LogP contribution in [0.15, 0.2) is 0 Å². The lowest BCUT2D eigenvalue weighted by Crippen LogP contribution is -2.52. The third kappa shape index (κ3) is 5.53. The number of amides is 1. The van der Waals surface area contributed by atoms with Crippen LogP contribution >= 0.6 is 0 Å². The maximum absolute atomic E-state index is 12.0. The maximum Gasteiger partial charge on any atom is 0.222 e. The minimum absolute atomic E-state index is 0.356. The van der Waals surface area contributed by atoms with E-state index in [2.05, 4.69) is 19.2 Å². The van der Waals surface area contributed by atoms with E-state index in [9.17, 15) is 4.79 Å². The third-order valence-electron chi connectivity index (χ3n) is 3.57. The summed E-state index contributed by atoms with van der Waals surface area (Å²) >= 11 is 0. The molecule has 1 rings (SSSR count).